The molecule has 0 spiro atoms. The Labute approximate surface area is 290 Å². The van der Waals surface area contributed by atoms with Gasteiger partial charge in [0.25, 0.3) is 5.91 Å². The van der Waals surface area contributed by atoms with Gasteiger partial charge in [0.1, 0.15) is 30.1 Å². The first-order valence-corrected chi connectivity index (χ1v) is 17.3. The number of aryl methyl sites for hydroxylation is 1. The average molecular weight is 685 g/mol. The molecule has 0 bridgehead atoms. The molecule has 1 aromatic carbocycles. The number of aromatic nitrogens is 6. The van der Waals surface area contributed by atoms with E-state index in [1.807, 2.05) is 36.3 Å². The number of imidazole rings is 2. The molecule has 2 amide bonds. The number of rotatable bonds is 11. The number of carbonyl (C=O) groups is 2. The van der Waals surface area contributed by atoms with Crippen molar-refractivity contribution in [2.45, 2.75) is 77.6 Å². The molecule has 1 saturated carbocycles. The molecule has 0 saturated heterocycles. The molecular formula is C37H45FN8O4. The highest BCUT2D eigenvalue weighted by Gasteiger charge is 2.32. The number of alkyl carbamates (subject to hydrolysis) is 1. The van der Waals surface area contributed by atoms with Crippen molar-refractivity contribution < 1.29 is 23.5 Å². The summed E-state index contributed by atoms with van der Waals surface area (Å²) in [5, 5.41) is 3.62. The highest BCUT2D eigenvalue weighted by molar-refractivity contribution is 5.99. The highest BCUT2D eigenvalue weighted by Crippen LogP contribution is 2.39. The fourth-order valence-corrected chi connectivity index (χ4v) is 6.60. The summed E-state index contributed by atoms with van der Waals surface area (Å²) in [6, 6.07) is 9.21. The molecule has 13 heteroatoms. The molecular weight excluding hydrogens is 639 g/mol. The third kappa shape index (κ3) is 6.65. The van der Waals surface area contributed by atoms with Crippen LogP contribution in [-0.2, 0) is 30.3 Å². The lowest BCUT2D eigenvalue weighted by Gasteiger charge is -2.31. The molecule has 5 heterocycles. The molecule has 12 nitrogen and oxygen atoms in total. The number of pyridine rings is 1. The van der Waals surface area contributed by atoms with Crippen LogP contribution < -0.4 is 10.1 Å². The molecule has 0 radical (unpaired) electrons. The van der Waals surface area contributed by atoms with Crippen molar-refractivity contribution >= 4 is 34.1 Å². The van der Waals surface area contributed by atoms with E-state index in [9.17, 15) is 14.0 Å². The van der Waals surface area contributed by atoms with Crippen molar-refractivity contribution in [3.05, 3.63) is 60.3 Å². The fourth-order valence-electron chi connectivity index (χ4n) is 6.60. The van der Waals surface area contributed by atoms with Gasteiger partial charge in [0.15, 0.2) is 11.5 Å². The molecule has 1 aliphatic carbocycles. The summed E-state index contributed by atoms with van der Waals surface area (Å²) in [7, 11) is 1.96. The van der Waals surface area contributed by atoms with Crippen LogP contribution in [0.4, 0.5) is 9.18 Å². The molecule has 4 aromatic heterocycles. The van der Waals surface area contributed by atoms with E-state index in [0.717, 1.165) is 34.7 Å². The number of hydrogen-bond acceptors (Lipinski definition) is 7. The Morgan fingerprint density at radius 2 is 1.94 bits per heavy atom. The number of nitrogens with zero attached hydrogens (tertiary/aromatic N) is 7. The van der Waals surface area contributed by atoms with E-state index in [-0.39, 0.29) is 18.0 Å². The van der Waals surface area contributed by atoms with Gasteiger partial charge in [-0.05, 0) is 71.6 Å². The van der Waals surface area contributed by atoms with Gasteiger partial charge in [-0.25, -0.2) is 24.1 Å². The van der Waals surface area contributed by atoms with Crippen LogP contribution in [0.2, 0.25) is 0 Å². The van der Waals surface area contributed by atoms with Crippen LogP contribution in [0.5, 0.6) is 5.75 Å². The van der Waals surface area contributed by atoms with E-state index in [4.69, 9.17) is 19.4 Å². The first-order chi connectivity index (χ1) is 23.8. The summed E-state index contributed by atoms with van der Waals surface area (Å²) in [6.45, 7) is 10.3. The van der Waals surface area contributed by atoms with Gasteiger partial charge in [-0.3, -0.25) is 4.79 Å². The topological polar surface area (TPSA) is 121 Å². The molecule has 7 rings (SSSR count). The number of ether oxygens (including phenoxy) is 2. The monoisotopic (exact) mass is 684 g/mol. The van der Waals surface area contributed by atoms with Gasteiger partial charge in [-0.2, -0.15) is 0 Å². The van der Waals surface area contributed by atoms with Crippen molar-refractivity contribution in [3.63, 3.8) is 0 Å². The molecule has 50 heavy (non-hydrogen) atoms. The summed E-state index contributed by atoms with van der Waals surface area (Å²) in [6.07, 6.45) is 7.69. The first kappa shape index (κ1) is 33.6. The second kappa shape index (κ2) is 12.7. The molecule has 0 unspecified atom stereocenters. The summed E-state index contributed by atoms with van der Waals surface area (Å²) in [5.41, 5.74) is 3.39. The molecule has 1 aliphatic heterocycles. The number of halogens is 1. The minimum Gasteiger partial charge on any atom is -0.489 e. The van der Waals surface area contributed by atoms with E-state index in [1.165, 1.54) is 12.8 Å². The SMILES string of the molecule is Cn1c(-c2cc3cccc(OCC(C)(C)n4ccnc4)c3n2CC2CC2)nc2cc3c(nc21)CCN(C[C@@H](CF)NC(=O)OC(C)(C)C)C3=O. The number of fused-ring (bicyclic) bond motifs is 3. The fraction of sp³-hybridized carbons (Fsp3) is 0.486. The van der Waals surface area contributed by atoms with Gasteiger partial charge >= 0.3 is 6.09 Å². The maximum Gasteiger partial charge on any atom is 0.408 e. The predicted octanol–water partition coefficient (Wildman–Crippen LogP) is 5.87. The summed E-state index contributed by atoms with van der Waals surface area (Å²) in [4.78, 5) is 41.8. The number of para-hydroxylation sites is 1. The molecule has 2 aliphatic rings. The van der Waals surface area contributed by atoms with E-state index in [0.29, 0.717) is 47.9 Å². The molecule has 264 valence electrons. The number of hydrogen-bond donors (Lipinski definition) is 1. The lowest BCUT2D eigenvalue weighted by molar-refractivity contribution is 0.0465. The Hall–Kier alpha value is -4.94. The van der Waals surface area contributed by atoms with Crippen molar-refractivity contribution in [3.8, 4) is 17.3 Å². The van der Waals surface area contributed by atoms with Gasteiger partial charge < -0.3 is 33.4 Å². The largest absolute Gasteiger partial charge is 0.489 e. The minimum atomic E-state index is -0.896. The van der Waals surface area contributed by atoms with Crippen LogP contribution in [-0.4, -0.2) is 83.6 Å². The Kier molecular flexibility index (Phi) is 8.55. The Balaban J connectivity index is 1.19. The molecule has 5 aromatic rings. The zero-order valence-corrected chi connectivity index (χ0v) is 29.6. The van der Waals surface area contributed by atoms with E-state index < -0.39 is 24.4 Å². The molecule has 1 N–H and O–H groups in total. The van der Waals surface area contributed by atoms with Crippen molar-refractivity contribution in [1.82, 2.24) is 38.9 Å². The Bertz CT molecular complexity index is 2050. The number of carbonyl (C=O) groups excluding carboxylic acids is 2. The van der Waals surface area contributed by atoms with E-state index >= 15 is 0 Å². The Morgan fingerprint density at radius 1 is 1.14 bits per heavy atom. The number of amides is 2. The standard InChI is InChI=1S/C37H45FN8O4/c1-36(2,3)50-35(48)40-25(18-38)20-44-14-12-27-26(34(44)47)17-28-32(41-27)43(6)33(42-28)29-16-24-8-7-9-30(31(24)46(29)19-23-10-11-23)49-21-37(4,5)45-15-13-39-22-45/h7-9,13,15-17,22-23,25H,10-12,14,18-21H2,1-6H3,(H,40,48)/t25-/m1/s1. The second-order valence-electron chi connectivity index (χ2n) is 15.2. The summed E-state index contributed by atoms with van der Waals surface area (Å²) < 4.78 is 32.2. The zero-order chi connectivity index (χ0) is 35.4. The third-order valence-electron chi connectivity index (χ3n) is 9.44. The van der Waals surface area contributed by atoms with Crippen LogP contribution >= 0.6 is 0 Å². The third-order valence-corrected chi connectivity index (χ3v) is 9.44. The second-order valence-corrected chi connectivity index (χ2v) is 15.2. The van der Waals surface area contributed by atoms with Gasteiger partial charge in [-0.15, -0.1) is 0 Å². The lowest BCUT2D eigenvalue weighted by Crippen LogP contribution is -2.50. The summed E-state index contributed by atoms with van der Waals surface area (Å²) >= 11 is 0. The minimum absolute atomic E-state index is 0.0186. The smallest absolute Gasteiger partial charge is 0.408 e. The van der Waals surface area contributed by atoms with Crippen molar-refractivity contribution in [2.75, 3.05) is 26.4 Å². The lowest BCUT2D eigenvalue weighted by atomic mass is 10.0. The quantitative estimate of drug-likeness (QED) is 0.185. The average Bonchev–Trinajstić information content (AvgIpc) is 3.41. The molecule has 1 atom stereocenters. The van der Waals surface area contributed by atoms with Crippen LogP contribution in [0.1, 0.15) is 63.5 Å². The number of nitrogens with one attached hydrogen (secondary N) is 1. The van der Waals surface area contributed by atoms with E-state index in [1.54, 1.807) is 37.9 Å². The molecule has 1 fully saturated rings. The van der Waals surface area contributed by atoms with E-state index in [2.05, 4.69) is 45.4 Å². The predicted molar refractivity (Wildman–Crippen MR) is 188 cm³/mol. The van der Waals surface area contributed by atoms with Gasteiger partial charge in [0.05, 0.1) is 40.4 Å². The first-order valence-electron chi connectivity index (χ1n) is 17.3. The van der Waals surface area contributed by atoms with Crippen LogP contribution in [0, 0.1) is 5.92 Å². The van der Waals surface area contributed by atoms with Crippen molar-refractivity contribution in [1.29, 1.82) is 0 Å². The number of benzene rings is 1. The maximum absolute atomic E-state index is 14.0. The van der Waals surface area contributed by atoms with Gasteiger partial charge in [0.2, 0.25) is 0 Å². The van der Waals surface area contributed by atoms with Gasteiger partial charge in [0, 0.05) is 50.9 Å². The Morgan fingerprint density at radius 3 is 2.64 bits per heavy atom. The van der Waals surface area contributed by atoms with Crippen LogP contribution in [0.25, 0.3) is 33.6 Å². The van der Waals surface area contributed by atoms with Gasteiger partial charge in [-0.1, -0.05) is 12.1 Å². The van der Waals surface area contributed by atoms with Crippen molar-refractivity contribution in [2.24, 2.45) is 13.0 Å². The highest BCUT2D eigenvalue weighted by atomic mass is 19.1. The summed E-state index contributed by atoms with van der Waals surface area (Å²) in [5.74, 6) is 1.88. The normalized spacial score (nSPS) is 15.8. The zero-order valence-electron chi connectivity index (χ0n) is 29.6. The number of alkyl halides is 1. The van der Waals surface area contributed by atoms with Crippen LogP contribution in [0.15, 0.2) is 49.1 Å². The van der Waals surface area contributed by atoms with Crippen LogP contribution in [0.3, 0.4) is 0 Å². The maximum atomic E-state index is 14.0.